The fourth-order valence-electron chi connectivity index (χ4n) is 2.63. The van der Waals surface area contributed by atoms with E-state index in [1.807, 2.05) is 24.1 Å². The lowest BCUT2D eigenvalue weighted by molar-refractivity contribution is -0.132. The molecule has 1 aliphatic heterocycles. The first-order valence-corrected chi connectivity index (χ1v) is 6.41. The van der Waals surface area contributed by atoms with Gasteiger partial charge in [0.25, 0.3) is 0 Å². The summed E-state index contributed by atoms with van der Waals surface area (Å²) in [6, 6.07) is 2.11. The van der Waals surface area contributed by atoms with Gasteiger partial charge in [-0.2, -0.15) is 0 Å². The zero-order valence-electron chi connectivity index (χ0n) is 11.3. The van der Waals surface area contributed by atoms with Gasteiger partial charge in [0.2, 0.25) is 11.8 Å². The molecule has 1 atom stereocenters. The Bertz CT molecular complexity index is 445. The van der Waals surface area contributed by atoms with E-state index in [1.165, 1.54) is 6.42 Å². The summed E-state index contributed by atoms with van der Waals surface area (Å²) in [5.41, 5.74) is 2.28. The van der Waals surface area contributed by atoms with Crippen molar-refractivity contribution < 1.29 is 9.53 Å². The van der Waals surface area contributed by atoms with Crippen LogP contribution >= 0.6 is 0 Å². The molecule has 1 amide bonds. The van der Waals surface area contributed by atoms with E-state index in [1.54, 1.807) is 14.0 Å². The summed E-state index contributed by atoms with van der Waals surface area (Å²) in [6.45, 7) is 4.54. The molecule has 1 aliphatic rings. The minimum atomic E-state index is 0.148. The maximum absolute atomic E-state index is 11.7. The molecule has 1 saturated heterocycles. The Morgan fingerprint density at radius 2 is 2.28 bits per heavy atom. The van der Waals surface area contributed by atoms with Gasteiger partial charge in [-0.1, -0.05) is 0 Å². The fraction of sp³-hybridized carbons (Fsp3) is 0.571. The zero-order valence-corrected chi connectivity index (χ0v) is 11.3. The third-order valence-electron chi connectivity index (χ3n) is 3.60. The smallest absolute Gasteiger partial charge is 0.219 e. The summed E-state index contributed by atoms with van der Waals surface area (Å²) in [5, 5.41) is 0. The summed E-state index contributed by atoms with van der Waals surface area (Å²) in [7, 11) is 1.62. The van der Waals surface area contributed by atoms with Crippen molar-refractivity contribution in [2.24, 2.45) is 0 Å². The molecule has 1 fully saturated rings. The Labute approximate surface area is 108 Å². The molecule has 98 valence electrons. The molecular formula is C14H20N2O2. The number of ether oxygens (including phenoxy) is 1. The largest absolute Gasteiger partial charge is 0.481 e. The molecule has 1 aromatic heterocycles. The van der Waals surface area contributed by atoms with Gasteiger partial charge in [-0.15, -0.1) is 0 Å². The maximum atomic E-state index is 11.7. The lowest BCUT2D eigenvalue weighted by Gasteiger charge is -2.36. The van der Waals surface area contributed by atoms with Gasteiger partial charge in [0.15, 0.2) is 0 Å². The van der Waals surface area contributed by atoms with Crippen LogP contribution in [0.4, 0.5) is 0 Å². The molecule has 4 heteroatoms. The van der Waals surface area contributed by atoms with Crippen LogP contribution in [0.2, 0.25) is 0 Å². The van der Waals surface area contributed by atoms with E-state index >= 15 is 0 Å². The van der Waals surface area contributed by atoms with E-state index < -0.39 is 0 Å². The molecule has 4 nitrogen and oxygen atoms in total. The van der Waals surface area contributed by atoms with Crippen molar-refractivity contribution in [2.75, 3.05) is 13.7 Å². The van der Waals surface area contributed by atoms with Crippen LogP contribution in [-0.4, -0.2) is 29.4 Å². The normalized spacial score (nSPS) is 19.7. The molecule has 0 radical (unpaired) electrons. The molecule has 2 rings (SSSR count). The number of hydrogen-bond acceptors (Lipinski definition) is 3. The van der Waals surface area contributed by atoms with Crippen molar-refractivity contribution in [3.63, 3.8) is 0 Å². The number of carbonyl (C=O) groups excluding carboxylic acids is 1. The number of rotatable bonds is 2. The number of pyridine rings is 1. The fourth-order valence-corrected chi connectivity index (χ4v) is 2.63. The lowest BCUT2D eigenvalue weighted by Crippen LogP contribution is -2.37. The van der Waals surface area contributed by atoms with Crippen LogP contribution in [0, 0.1) is 6.92 Å². The highest BCUT2D eigenvalue weighted by Gasteiger charge is 2.27. The van der Waals surface area contributed by atoms with Crippen LogP contribution in [0.25, 0.3) is 0 Å². The average molecular weight is 248 g/mol. The van der Waals surface area contributed by atoms with E-state index in [0.29, 0.717) is 5.88 Å². The summed E-state index contributed by atoms with van der Waals surface area (Å²) >= 11 is 0. The predicted octanol–water partition coefficient (Wildman–Crippen LogP) is 2.47. The van der Waals surface area contributed by atoms with Gasteiger partial charge in [0.1, 0.15) is 0 Å². The standard InChI is InChI=1S/C14H20N2O2/c1-10-8-14(18-3)15-9-12(10)13-6-4-5-7-16(13)11(2)17/h8-9,13H,4-7H2,1-3H3/t13-/m0/s1. The van der Waals surface area contributed by atoms with Crippen LogP contribution in [0.15, 0.2) is 12.3 Å². The van der Waals surface area contributed by atoms with Crippen molar-refractivity contribution in [1.82, 2.24) is 9.88 Å². The van der Waals surface area contributed by atoms with Gasteiger partial charge in [0.05, 0.1) is 13.2 Å². The number of nitrogens with zero attached hydrogens (tertiary/aromatic N) is 2. The predicted molar refractivity (Wildman–Crippen MR) is 69.5 cm³/mol. The second-order valence-electron chi connectivity index (χ2n) is 4.81. The second kappa shape index (κ2) is 5.38. The molecule has 0 aromatic carbocycles. The van der Waals surface area contributed by atoms with Gasteiger partial charge in [-0.05, 0) is 37.3 Å². The number of aryl methyl sites for hydroxylation is 1. The Balaban J connectivity index is 2.31. The highest BCUT2D eigenvalue weighted by Crippen LogP contribution is 2.33. The number of carbonyl (C=O) groups is 1. The van der Waals surface area contributed by atoms with E-state index in [2.05, 4.69) is 4.98 Å². The van der Waals surface area contributed by atoms with Crippen LogP contribution in [0.3, 0.4) is 0 Å². The van der Waals surface area contributed by atoms with Crippen LogP contribution in [0.5, 0.6) is 5.88 Å². The molecule has 0 N–H and O–H groups in total. The Kier molecular flexibility index (Phi) is 3.84. The number of aromatic nitrogens is 1. The Morgan fingerprint density at radius 3 is 2.89 bits per heavy atom. The van der Waals surface area contributed by atoms with Crippen molar-refractivity contribution in [1.29, 1.82) is 0 Å². The molecule has 0 spiro atoms. The molecule has 1 aromatic rings. The molecule has 18 heavy (non-hydrogen) atoms. The average Bonchev–Trinajstić information content (AvgIpc) is 2.38. The molecular weight excluding hydrogens is 228 g/mol. The monoisotopic (exact) mass is 248 g/mol. The Morgan fingerprint density at radius 1 is 1.50 bits per heavy atom. The molecule has 2 heterocycles. The summed E-state index contributed by atoms with van der Waals surface area (Å²) < 4.78 is 5.12. The first kappa shape index (κ1) is 12.9. The maximum Gasteiger partial charge on any atom is 0.219 e. The van der Waals surface area contributed by atoms with Crippen molar-refractivity contribution >= 4 is 5.91 Å². The summed E-state index contributed by atoms with van der Waals surface area (Å²) in [5.74, 6) is 0.774. The van der Waals surface area contributed by atoms with E-state index in [-0.39, 0.29) is 11.9 Å². The lowest BCUT2D eigenvalue weighted by atomic mass is 9.93. The highest BCUT2D eigenvalue weighted by atomic mass is 16.5. The number of likely N-dealkylation sites (tertiary alicyclic amines) is 1. The van der Waals surface area contributed by atoms with E-state index in [0.717, 1.165) is 30.5 Å². The first-order chi connectivity index (χ1) is 8.63. The third-order valence-corrected chi connectivity index (χ3v) is 3.60. The number of methoxy groups -OCH3 is 1. The Hall–Kier alpha value is -1.58. The summed E-state index contributed by atoms with van der Waals surface area (Å²) in [6.07, 6.45) is 5.13. The number of amides is 1. The molecule has 0 bridgehead atoms. The van der Waals surface area contributed by atoms with Crippen molar-refractivity contribution in [3.8, 4) is 5.88 Å². The third kappa shape index (κ3) is 2.47. The van der Waals surface area contributed by atoms with Gasteiger partial charge in [-0.3, -0.25) is 4.79 Å². The number of piperidine rings is 1. The van der Waals surface area contributed by atoms with Gasteiger partial charge >= 0.3 is 0 Å². The minimum Gasteiger partial charge on any atom is -0.481 e. The van der Waals surface area contributed by atoms with E-state index in [9.17, 15) is 4.79 Å². The van der Waals surface area contributed by atoms with Crippen LogP contribution in [-0.2, 0) is 4.79 Å². The molecule has 0 unspecified atom stereocenters. The second-order valence-corrected chi connectivity index (χ2v) is 4.81. The van der Waals surface area contributed by atoms with Gasteiger partial charge < -0.3 is 9.64 Å². The van der Waals surface area contributed by atoms with E-state index in [4.69, 9.17) is 4.74 Å². The quantitative estimate of drug-likeness (QED) is 0.807. The van der Waals surface area contributed by atoms with Crippen LogP contribution in [0.1, 0.15) is 43.4 Å². The van der Waals surface area contributed by atoms with Gasteiger partial charge in [0, 0.05) is 25.7 Å². The molecule has 0 saturated carbocycles. The summed E-state index contributed by atoms with van der Waals surface area (Å²) in [4.78, 5) is 17.9. The number of hydrogen-bond donors (Lipinski definition) is 0. The molecule has 0 aliphatic carbocycles. The SMILES string of the molecule is COc1cc(C)c([C@@H]2CCCCN2C(C)=O)cn1. The highest BCUT2D eigenvalue weighted by molar-refractivity contribution is 5.74. The van der Waals surface area contributed by atoms with Crippen molar-refractivity contribution in [2.45, 2.75) is 39.2 Å². The zero-order chi connectivity index (χ0) is 13.1. The van der Waals surface area contributed by atoms with Crippen LogP contribution < -0.4 is 4.74 Å². The first-order valence-electron chi connectivity index (χ1n) is 6.41. The minimum absolute atomic E-state index is 0.148. The topological polar surface area (TPSA) is 42.4 Å². The van der Waals surface area contributed by atoms with Gasteiger partial charge in [-0.25, -0.2) is 4.98 Å². The van der Waals surface area contributed by atoms with Crippen molar-refractivity contribution in [3.05, 3.63) is 23.4 Å².